The van der Waals surface area contributed by atoms with E-state index >= 15 is 0 Å². The van der Waals surface area contributed by atoms with E-state index in [1.807, 2.05) is 0 Å². The molecular weight excluding hydrogens is 865 g/mol. The van der Waals surface area contributed by atoms with Crippen molar-refractivity contribution >= 4 is 17.9 Å². The molecule has 0 rings (SSSR count). The van der Waals surface area contributed by atoms with E-state index in [2.05, 4.69) is 106 Å². The number of esters is 3. The van der Waals surface area contributed by atoms with Crippen molar-refractivity contribution in [1.29, 1.82) is 0 Å². The summed E-state index contributed by atoms with van der Waals surface area (Å²) in [6.07, 6.45) is 75.9. The van der Waals surface area contributed by atoms with Crippen molar-refractivity contribution in [2.75, 3.05) is 13.2 Å². The molecule has 0 aliphatic heterocycles. The quantitative estimate of drug-likeness (QED) is 0.0261. The number of allylic oxidation sites excluding steroid dienone is 14. The van der Waals surface area contributed by atoms with Crippen LogP contribution in [0, 0.1) is 0 Å². The first-order valence-corrected chi connectivity index (χ1v) is 29.6. The van der Waals surface area contributed by atoms with Gasteiger partial charge in [0.25, 0.3) is 0 Å². The minimum Gasteiger partial charge on any atom is -0.462 e. The van der Waals surface area contributed by atoms with Gasteiger partial charge in [-0.2, -0.15) is 0 Å². The van der Waals surface area contributed by atoms with Gasteiger partial charge in [-0.1, -0.05) is 254 Å². The Morgan fingerprint density at radius 3 is 0.871 bits per heavy atom. The van der Waals surface area contributed by atoms with E-state index in [-0.39, 0.29) is 31.1 Å². The SMILES string of the molecule is CC/C=C\C/C=C\C/C=C\C/C=C\CCCCCCCCCCC(=O)OC(COC(=O)CCCCCCCCCC)COC(=O)CCCCCCCCCC/C=C\C/C=C\C/C=C\CCCCCCC. The zero-order valence-corrected chi connectivity index (χ0v) is 46.0. The van der Waals surface area contributed by atoms with E-state index in [1.165, 1.54) is 135 Å². The zero-order chi connectivity index (χ0) is 50.7. The maximum absolute atomic E-state index is 12.8. The van der Waals surface area contributed by atoms with Gasteiger partial charge in [0.1, 0.15) is 13.2 Å². The average molecular weight is 976 g/mol. The van der Waals surface area contributed by atoms with Crippen molar-refractivity contribution in [2.45, 2.75) is 290 Å². The highest BCUT2D eigenvalue weighted by molar-refractivity contribution is 5.71. The molecule has 0 amide bonds. The number of carbonyl (C=O) groups excluding carboxylic acids is 3. The van der Waals surface area contributed by atoms with Crippen molar-refractivity contribution in [1.82, 2.24) is 0 Å². The smallest absolute Gasteiger partial charge is 0.306 e. The van der Waals surface area contributed by atoms with Crippen LogP contribution in [0.1, 0.15) is 284 Å². The summed E-state index contributed by atoms with van der Waals surface area (Å²) >= 11 is 0. The molecule has 6 heteroatoms. The Kier molecular flexibility index (Phi) is 55.3. The van der Waals surface area contributed by atoms with E-state index in [9.17, 15) is 14.4 Å². The first-order valence-electron chi connectivity index (χ1n) is 29.6. The lowest BCUT2D eigenvalue weighted by molar-refractivity contribution is -0.167. The van der Waals surface area contributed by atoms with Crippen LogP contribution in [0.25, 0.3) is 0 Å². The molecule has 6 nitrogen and oxygen atoms in total. The van der Waals surface area contributed by atoms with Crippen LogP contribution in [0.5, 0.6) is 0 Å². The number of unbranched alkanes of at least 4 members (excludes halogenated alkanes) is 28. The Labute approximate surface area is 433 Å². The third-order valence-corrected chi connectivity index (χ3v) is 12.6. The Morgan fingerprint density at radius 1 is 0.300 bits per heavy atom. The predicted octanol–water partition coefficient (Wildman–Crippen LogP) is 19.9. The van der Waals surface area contributed by atoms with Gasteiger partial charge >= 0.3 is 17.9 Å². The normalized spacial score (nSPS) is 12.7. The molecule has 0 saturated heterocycles. The number of hydrogen-bond donors (Lipinski definition) is 0. The fraction of sp³-hybridized carbons (Fsp3) is 0.734. The maximum atomic E-state index is 12.8. The summed E-state index contributed by atoms with van der Waals surface area (Å²) in [6.45, 7) is 6.49. The summed E-state index contributed by atoms with van der Waals surface area (Å²) in [5.41, 5.74) is 0. The second-order valence-corrected chi connectivity index (χ2v) is 19.5. The molecule has 402 valence electrons. The van der Waals surface area contributed by atoms with Crippen molar-refractivity contribution < 1.29 is 28.6 Å². The van der Waals surface area contributed by atoms with Crippen LogP contribution in [0.15, 0.2) is 85.1 Å². The second-order valence-electron chi connectivity index (χ2n) is 19.5. The molecule has 0 aromatic heterocycles. The molecule has 0 aromatic carbocycles. The first kappa shape index (κ1) is 66.6. The molecule has 0 aliphatic carbocycles. The van der Waals surface area contributed by atoms with Crippen LogP contribution in [0.4, 0.5) is 0 Å². The van der Waals surface area contributed by atoms with Gasteiger partial charge in [-0.15, -0.1) is 0 Å². The largest absolute Gasteiger partial charge is 0.462 e. The summed E-state index contributed by atoms with van der Waals surface area (Å²) in [5.74, 6) is -0.895. The van der Waals surface area contributed by atoms with Crippen LogP contribution in [-0.4, -0.2) is 37.2 Å². The zero-order valence-electron chi connectivity index (χ0n) is 46.0. The first-order chi connectivity index (χ1) is 34.5. The summed E-state index contributed by atoms with van der Waals surface area (Å²) in [7, 11) is 0. The third kappa shape index (κ3) is 55.5. The van der Waals surface area contributed by atoms with Gasteiger partial charge in [0.2, 0.25) is 0 Å². The van der Waals surface area contributed by atoms with E-state index in [0.717, 1.165) is 109 Å². The monoisotopic (exact) mass is 975 g/mol. The lowest BCUT2D eigenvalue weighted by Gasteiger charge is -2.18. The molecule has 0 heterocycles. The van der Waals surface area contributed by atoms with Gasteiger partial charge in [0.05, 0.1) is 0 Å². The van der Waals surface area contributed by atoms with Gasteiger partial charge in [0, 0.05) is 19.3 Å². The maximum Gasteiger partial charge on any atom is 0.306 e. The minimum atomic E-state index is -0.782. The number of ether oxygens (including phenoxy) is 3. The van der Waals surface area contributed by atoms with Crippen LogP contribution >= 0.6 is 0 Å². The highest BCUT2D eigenvalue weighted by Crippen LogP contribution is 2.15. The van der Waals surface area contributed by atoms with E-state index in [0.29, 0.717) is 19.3 Å². The van der Waals surface area contributed by atoms with Crippen LogP contribution in [0.2, 0.25) is 0 Å². The van der Waals surface area contributed by atoms with Crippen molar-refractivity contribution in [2.24, 2.45) is 0 Å². The lowest BCUT2D eigenvalue weighted by atomic mass is 10.1. The summed E-state index contributed by atoms with van der Waals surface area (Å²) in [4.78, 5) is 38.1. The highest BCUT2D eigenvalue weighted by atomic mass is 16.6. The third-order valence-electron chi connectivity index (χ3n) is 12.6. The molecule has 0 spiro atoms. The molecule has 1 unspecified atom stereocenters. The Balaban J connectivity index is 4.26. The molecule has 0 aliphatic rings. The molecule has 0 bridgehead atoms. The van der Waals surface area contributed by atoms with Gasteiger partial charge in [-0.25, -0.2) is 0 Å². The Hall–Kier alpha value is -3.41. The highest BCUT2D eigenvalue weighted by Gasteiger charge is 2.19. The molecule has 0 saturated carbocycles. The molecule has 1 atom stereocenters. The van der Waals surface area contributed by atoms with Crippen LogP contribution in [0.3, 0.4) is 0 Å². The molecule has 70 heavy (non-hydrogen) atoms. The topological polar surface area (TPSA) is 78.9 Å². The van der Waals surface area contributed by atoms with E-state index in [4.69, 9.17) is 14.2 Å². The fourth-order valence-corrected chi connectivity index (χ4v) is 8.21. The summed E-state index contributed by atoms with van der Waals surface area (Å²) in [6, 6.07) is 0. The average Bonchev–Trinajstić information content (AvgIpc) is 3.36. The molecule has 0 aromatic rings. The fourth-order valence-electron chi connectivity index (χ4n) is 8.21. The van der Waals surface area contributed by atoms with Crippen molar-refractivity contribution in [3.63, 3.8) is 0 Å². The van der Waals surface area contributed by atoms with Gasteiger partial charge < -0.3 is 14.2 Å². The lowest BCUT2D eigenvalue weighted by Crippen LogP contribution is -2.30. The van der Waals surface area contributed by atoms with Crippen LogP contribution < -0.4 is 0 Å². The van der Waals surface area contributed by atoms with Crippen molar-refractivity contribution in [3.8, 4) is 0 Å². The van der Waals surface area contributed by atoms with E-state index in [1.54, 1.807) is 0 Å². The molecule has 0 fully saturated rings. The summed E-state index contributed by atoms with van der Waals surface area (Å²) in [5, 5.41) is 0. The molecular formula is C64H110O6. The molecule has 0 radical (unpaired) electrons. The number of hydrogen-bond acceptors (Lipinski definition) is 6. The number of rotatable bonds is 53. The minimum absolute atomic E-state index is 0.0811. The standard InChI is InChI=1S/C64H110O6/c1-4-7-10-13-16-19-21-23-25-27-29-31-32-34-35-37-39-41-43-45-48-51-54-57-63(66)69-60-61(59-68-62(65)56-53-50-47-18-15-12-9-6-3)70-64(67)58-55-52-49-46-44-42-40-38-36-33-30-28-26-24-22-20-17-14-11-8-5-2/h8,11,17,20-21,23-24,26-27,29-30,32-34,61H,4-7,9-10,12-16,18-19,22,25,28,31,35-60H2,1-3H3/b11-8-,20-17-,23-21-,26-24-,29-27-,33-30-,34-32-. The molecule has 0 N–H and O–H groups in total. The van der Waals surface area contributed by atoms with Crippen LogP contribution in [-0.2, 0) is 28.6 Å². The van der Waals surface area contributed by atoms with Gasteiger partial charge in [-0.3, -0.25) is 14.4 Å². The number of carbonyl (C=O) groups is 3. The second kappa shape index (κ2) is 58.2. The predicted molar refractivity (Wildman–Crippen MR) is 302 cm³/mol. The van der Waals surface area contributed by atoms with Gasteiger partial charge in [-0.05, 0) is 96.3 Å². The Morgan fingerprint density at radius 2 is 0.557 bits per heavy atom. The van der Waals surface area contributed by atoms with Crippen molar-refractivity contribution in [3.05, 3.63) is 85.1 Å². The van der Waals surface area contributed by atoms with Gasteiger partial charge in [0.15, 0.2) is 6.10 Å². The Bertz CT molecular complexity index is 1350. The summed E-state index contributed by atoms with van der Waals surface area (Å²) < 4.78 is 16.8. The van der Waals surface area contributed by atoms with E-state index < -0.39 is 6.10 Å².